The largest absolute Gasteiger partial charge is 0.316 e. The highest BCUT2D eigenvalue weighted by Gasteiger charge is 2.32. The molecule has 1 N–H and O–H groups in total. The summed E-state index contributed by atoms with van der Waals surface area (Å²) in [5, 5.41) is 3.33. The van der Waals surface area contributed by atoms with Crippen LogP contribution < -0.4 is 5.32 Å². The van der Waals surface area contributed by atoms with E-state index in [1.807, 2.05) is 0 Å². The Morgan fingerprint density at radius 2 is 2.00 bits per heavy atom. The highest BCUT2D eigenvalue weighted by Crippen LogP contribution is 2.27. The van der Waals surface area contributed by atoms with Gasteiger partial charge in [-0.25, -0.2) is 0 Å². The fourth-order valence-electron chi connectivity index (χ4n) is 1.74. The fourth-order valence-corrected chi connectivity index (χ4v) is 1.74. The van der Waals surface area contributed by atoms with Crippen molar-refractivity contribution in [1.82, 2.24) is 10.2 Å². The van der Waals surface area contributed by atoms with E-state index in [1.165, 1.54) is 19.6 Å². The van der Waals surface area contributed by atoms with E-state index in [0.29, 0.717) is 5.41 Å². The molecule has 0 amide bonds. The molecule has 0 spiro atoms. The number of likely N-dealkylation sites (tertiary alicyclic amines) is 1. The van der Waals surface area contributed by atoms with Gasteiger partial charge in [-0.1, -0.05) is 20.8 Å². The van der Waals surface area contributed by atoms with Crippen LogP contribution >= 0.6 is 0 Å². The molecule has 1 saturated heterocycles. The first-order chi connectivity index (χ1) is 5.14. The molecule has 1 aliphatic rings. The molecule has 0 atom stereocenters. The van der Waals surface area contributed by atoms with Crippen molar-refractivity contribution in [2.45, 2.75) is 20.8 Å². The van der Waals surface area contributed by atoms with Crippen LogP contribution in [0.3, 0.4) is 0 Å². The molecular formula is C9H20N2. The standard InChI is InChI=1S/C9H20N2/c1-4-10-5-6-11-7-9(2,3)8-11/h10H,4-8H2,1-3H3. The van der Waals surface area contributed by atoms with Crippen LogP contribution in [-0.4, -0.2) is 37.6 Å². The molecule has 1 heterocycles. The molecule has 0 bridgehead atoms. The van der Waals surface area contributed by atoms with Gasteiger partial charge in [0.15, 0.2) is 0 Å². The highest BCUT2D eigenvalue weighted by molar-refractivity contribution is 4.87. The lowest BCUT2D eigenvalue weighted by Gasteiger charge is -2.46. The number of hydrogen-bond acceptors (Lipinski definition) is 2. The highest BCUT2D eigenvalue weighted by atomic mass is 15.2. The zero-order chi connectivity index (χ0) is 8.32. The van der Waals surface area contributed by atoms with E-state index in [9.17, 15) is 0 Å². The minimum atomic E-state index is 0.589. The van der Waals surface area contributed by atoms with Crippen molar-refractivity contribution in [3.05, 3.63) is 0 Å². The van der Waals surface area contributed by atoms with Crippen molar-refractivity contribution >= 4 is 0 Å². The van der Waals surface area contributed by atoms with Gasteiger partial charge >= 0.3 is 0 Å². The lowest BCUT2D eigenvalue weighted by molar-refractivity contribution is 0.0326. The van der Waals surface area contributed by atoms with Crippen LogP contribution in [0.25, 0.3) is 0 Å². The van der Waals surface area contributed by atoms with Crippen molar-refractivity contribution in [2.75, 3.05) is 32.7 Å². The Kier molecular flexibility index (Phi) is 2.90. The molecular weight excluding hydrogens is 136 g/mol. The summed E-state index contributed by atoms with van der Waals surface area (Å²) >= 11 is 0. The van der Waals surface area contributed by atoms with Crippen LogP contribution in [0.15, 0.2) is 0 Å². The smallest absolute Gasteiger partial charge is 0.0107 e. The van der Waals surface area contributed by atoms with Gasteiger partial charge in [-0.3, -0.25) is 0 Å². The molecule has 0 aromatic rings. The molecule has 2 nitrogen and oxygen atoms in total. The van der Waals surface area contributed by atoms with E-state index in [4.69, 9.17) is 0 Å². The summed E-state index contributed by atoms with van der Waals surface area (Å²) in [5.41, 5.74) is 0.589. The van der Waals surface area contributed by atoms with Crippen LogP contribution in [0.2, 0.25) is 0 Å². The maximum atomic E-state index is 3.33. The molecule has 0 aromatic heterocycles. The van der Waals surface area contributed by atoms with Crippen molar-refractivity contribution in [2.24, 2.45) is 5.41 Å². The van der Waals surface area contributed by atoms with E-state index in [-0.39, 0.29) is 0 Å². The molecule has 0 saturated carbocycles. The van der Waals surface area contributed by atoms with Gasteiger partial charge in [0, 0.05) is 26.2 Å². The maximum Gasteiger partial charge on any atom is 0.0107 e. The second-order valence-corrected chi connectivity index (χ2v) is 4.23. The lowest BCUT2D eigenvalue weighted by atomic mass is 9.84. The number of likely N-dealkylation sites (N-methyl/N-ethyl adjacent to an activating group) is 1. The summed E-state index contributed by atoms with van der Waals surface area (Å²) < 4.78 is 0. The summed E-state index contributed by atoms with van der Waals surface area (Å²) in [6.45, 7) is 12.8. The fraction of sp³-hybridized carbons (Fsp3) is 1.00. The van der Waals surface area contributed by atoms with Crippen LogP contribution in [0, 0.1) is 5.41 Å². The van der Waals surface area contributed by atoms with Gasteiger partial charge in [-0.15, -0.1) is 0 Å². The van der Waals surface area contributed by atoms with Crippen molar-refractivity contribution in [1.29, 1.82) is 0 Å². The predicted molar refractivity (Wildman–Crippen MR) is 48.8 cm³/mol. The molecule has 1 aliphatic heterocycles. The van der Waals surface area contributed by atoms with E-state index >= 15 is 0 Å². The Morgan fingerprint density at radius 1 is 1.36 bits per heavy atom. The van der Waals surface area contributed by atoms with E-state index in [0.717, 1.165) is 13.1 Å². The van der Waals surface area contributed by atoms with Crippen molar-refractivity contribution < 1.29 is 0 Å². The van der Waals surface area contributed by atoms with Gasteiger partial charge in [0.25, 0.3) is 0 Å². The number of rotatable bonds is 4. The normalized spacial score (nSPS) is 23.2. The third kappa shape index (κ3) is 2.80. The van der Waals surface area contributed by atoms with Gasteiger partial charge in [0.1, 0.15) is 0 Å². The van der Waals surface area contributed by atoms with Gasteiger partial charge < -0.3 is 10.2 Å². The Labute approximate surface area is 70.0 Å². The van der Waals surface area contributed by atoms with E-state index in [2.05, 4.69) is 31.0 Å². The SMILES string of the molecule is CCNCCN1CC(C)(C)C1. The molecule has 0 radical (unpaired) electrons. The number of hydrogen-bond donors (Lipinski definition) is 1. The first-order valence-corrected chi connectivity index (χ1v) is 4.57. The molecule has 0 unspecified atom stereocenters. The predicted octanol–water partition coefficient (Wildman–Crippen LogP) is 0.938. The Bertz CT molecular complexity index is 113. The number of nitrogens with zero attached hydrogens (tertiary/aromatic N) is 1. The minimum Gasteiger partial charge on any atom is -0.316 e. The monoisotopic (exact) mass is 156 g/mol. The van der Waals surface area contributed by atoms with Crippen LogP contribution in [-0.2, 0) is 0 Å². The van der Waals surface area contributed by atoms with Gasteiger partial charge in [0.05, 0.1) is 0 Å². The third-order valence-electron chi connectivity index (χ3n) is 2.16. The summed E-state index contributed by atoms with van der Waals surface area (Å²) in [6, 6.07) is 0. The lowest BCUT2D eigenvalue weighted by Crippen LogP contribution is -2.54. The minimum absolute atomic E-state index is 0.589. The molecule has 1 rings (SSSR count). The molecule has 66 valence electrons. The topological polar surface area (TPSA) is 15.3 Å². The average Bonchev–Trinajstić information content (AvgIpc) is 1.84. The van der Waals surface area contributed by atoms with Crippen molar-refractivity contribution in [3.63, 3.8) is 0 Å². The second kappa shape index (κ2) is 3.55. The molecule has 1 fully saturated rings. The average molecular weight is 156 g/mol. The molecule has 0 aromatic carbocycles. The molecule has 0 aliphatic carbocycles. The Morgan fingerprint density at radius 3 is 2.45 bits per heavy atom. The second-order valence-electron chi connectivity index (χ2n) is 4.23. The molecule has 11 heavy (non-hydrogen) atoms. The van der Waals surface area contributed by atoms with E-state index < -0.39 is 0 Å². The van der Waals surface area contributed by atoms with Crippen LogP contribution in [0.5, 0.6) is 0 Å². The third-order valence-corrected chi connectivity index (χ3v) is 2.16. The van der Waals surface area contributed by atoms with Crippen molar-refractivity contribution in [3.8, 4) is 0 Å². The van der Waals surface area contributed by atoms with E-state index in [1.54, 1.807) is 0 Å². The summed E-state index contributed by atoms with van der Waals surface area (Å²) in [4.78, 5) is 2.50. The number of nitrogens with one attached hydrogen (secondary N) is 1. The first-order valence-electron chi connectivity index (χ1n) is 4.57. The summed E-state index contributed by atoms with van der Waals surface area (Å²) in [7, 11) is 0. The maximum absolute atomic E-state index is 3.33. The summed E-state index contributed by atoms with van der Waals surface area (Å²) in [6.07, 6.45) is 0. The quantitative estimate of drug-likeness (QED) is 0.609. The summed E-state index contributed by atoms with van der Waals surface area (Å²) in [5.74, 6) is 0. The Hall–Kier alpha value is -0.0800. The first kappa shape index (κ1) is 9.01. The van der Waals surface area contributed by atoms with Gasteiger partial charge in [0.2, 0.25) is 0 Å². The van der Waals surface area contributed by atoms with Crippen LogP contribution in [0.1, 0.15) is 20.8 Å². The zero-order valence-corrected chi connectivity index (χ0v) is 7.98. The van der Waals surface area contributed by atoms with Gasteiger partial charge in [-0.05, 0) is 12.0 Å². The molecule has 2 heteroatoms. The van der Waals surface area contributed by atoms with Crippen LogP contribution in [0.4, 0.5) is 0 Å². The zero-order valence-electron chi connectivity index (χ0n) is 7.98. The Balaban J connectivity index is 1.96. The van der Waals surface area contributed by atoms with Gasteiger partial charge in [-0.2, -0.15) is 0 Å².